The van der Waals surface area contributed by atoms with E-state index in [2.05, 4.69) is 0 Å². The van der Waals surface area contributed by atoms with Gasteiger partial charge in [0.15, 0.2) is 0 Å². The summed E-state index contributed by atoms with van der Waals surface area (Å²) in [6.45, 7) is 3.64. The maximum Gasteiger partial charge on any atom is 0.318 e. The van der Waals surface area contributed by atoms with Gasteiger partial charge in [-0.3, -0.25) is 4.79 Å². The van der Waals surface area contributed by atoms with Crippen molar-refractivity contribution in [1.82, 2.24) is 0 Å². The van der Waals surface area contributed by atoms with Crippen molar-refractivity contribution in [3.63, 3.8) is 0 Å². The lowest BCUT2D eigenvalue weighted by Gasteiger charge is -2.26. The molecule has 0 fully saturated rings. The average molecular weight is 319 g/mol. The minimum absolute atomic E-state index is 0.0636. The number of ether oxygens (including phenoxy) is 2. The first-order valence-electron chi connectivity index (χ1n) is 6.70. The first kappa shape index (κ1) is 15.9. The van der Waals surface area contributed by atoms with Crippen molar-refractivity contribution < 1.29 is 14.3 Å². The summed E-state index contributed by atoms with van der Waals surface area (Å²) in [5.41, 5.74) is 7.16. The molecule has 0 unspecified atom stereocenters. The summed E-state index contributed by atoms with van der Waals surface area (Å²) in [4.78, 5) is 12.2. The summed E-state index contributed by atoms with van der Waals surface area (Å²) < 4.78 is 10.6. The Bertz CT molecular complexity index is 699. The molecule has 6 heteroatoms. The molecule has 1 aliphatic heterocycles. The fraction of sp³-hybridized carbons (Fsp3) is 0.250. The van der Waals surface area contributed by atoms with Gasteiger partial charge in [0.2, 0.25) is 5.88 Å². The highest BCUT2D eigenvalue weighted by Gasteiger charge is 2.35. The molecule has 2 N–H and O–H groups in total. The minimum Gasteiger partial charge on any atom is -0.465 e. The van der Waals surface area contributed by atoms with E-state index in [9.17, 15) is 10.1 Å². The third-order valence-electron chi connectivity index (χ3n) is 3.31. The Morgan fingerprint density at radius 1 is 1.45 bits per heavy atom. The van der Waals surface area contributed by atoms with Gasteiger partial charge in [0.1, 0.15) is 23.3 Å². The molecule has 114 valence electrons. The molecule has 0 spiro atoms. The van der Waals surface area contributed by atoms with Crippen LogP contribution in [-0.2, 0) is 14.3 Å². The fourth-order valence-corrected chi connectivity index (χ4v) is 2.39. The number of nitriles is 1. The van der Waals surface area contributed by atoms with Crippen LogP contribution in [0.4, 0.5) is 0 Å². The molecule has 1 aromatic rings. The first-order chi connectivity index (χ1) is 10.5. The molecule has 1 aromatic carbocycles. The van der Waals surface area contributed by atoms with Gasteiger partial charge < -0.3 is 15.2 Å². The van der Waals surface area contributed by atoms with Gasteiger partial charge in [-0.25, -0.2) is 0 Å². The molecule has 2 rings (SSSR count). The molecule has 1 atom stereocenters. The quantitative estimate of drug-likeness (QED) is 0.866. The summed E-state index contributed by atoms with van der Waals surface area (Å²) in [6.07, 6.45) is 0. The zero-order valence-electron chi connectivity index (χ0n) is 12.2. The van der Waals surface area contributed by atoms with Gasteiger partial charge in [-0.15, -0.1) is 0 Å². The van der Waals surface area contributed by atoms with Crippen molar-refractivity contribution in [3.05, 3.63) is 51.9 Å². The van der Waals surface area contributed by atoms with E-state index in [1.807, 2.05) is 6.07 Å². The van der Waals surface area contributed by atoms with E-state index in [0.717, 1.165) is 5.56 Å². The van der Waals surface area contributed by atoms with Gasteiger partial charge in [-0.2, -0.15) is 5.26 Å². The third-order valence-corrected chi connectivity index (χ3v) is 3.56. The highest BCUT2D eigenvalue weighted by Crippen LogP contribution is 2.36. The second kappa shape index (κ2) is 6.54. The predicted octanol–water partition coefficient (Wildman–Crippen LogP) is 2.97. The minimum atomic E-state index is -0.857. The van der Waals surface area contributed by atoms with Crippen molar-refractivity contribution in [2.24, 2.45) is 11.7 Å². The Morgan fingerprint density at radius 3 is 2.64 bits per heavy atom. The molecule has 0 saturated heterocycles. The molecule has 0 aromatic heterocycles. The smallest absolute Gasteiger partial charge is 0.318 e. The Labute approximate surface area is 133 Å². The number of hydrogen-bond donors (Lipinski definition) is 1. The van der Waals surface area contributed by atoms with Gasteiger partial charge in [0, 0.05) is 10.6 Å². The number of carbonyl (C=O) groups is 1. The maximum atomic E-state index is 12.2. The van der Waals surface area contributed by atoms with Crippen molar-refractivity contribution in [2.75, 3.05) is 6.61 Å². The van der Waals surface area contributed by atoms with Crippen LogP contribution in [0.15, 0.2) is 41.3 Å². The zero-order valence-corrected chi connectivity index (χ0v) is 13.0. The lowest BCUT2D eigenvalue weighted by molar-refractivity contribution is -0.145. The summed E-state index contributed by atoms with van der Waals surface area (Å²) in [5.74, 6) is -1.03. The van der Waals surface area contributed by atoms with Gasteiger partial charge in [0.25, 0.3) is 0 Å². The molecular formula is C16H15ClN2O3. The number of rotatable bonds is 3. The Hall–Kier alpha value is -2.45. The topological polar surface area (TPSA) is 85.3 Å². The summed E-state index contributed by atoms with van der Waals surface area (Å²) >= 11 is 5.87. The van der Waals surface area contributed by atoms with Gasteiger partial charge in [-0.1, -0.05) is 11.6 Å². The fourth-order valence-electron chi connectivity index (χ4n) is 2.26. The molecule has 0 saturated carbocycles. The van der Waals surface area contributed by atoms with E-state index in [4.69, 9.17) is 26.8 Å². The number of carbonyl (C=O) groups excluding carboxylic acids is 1. The number of hydrogen-bond acceptors (Lipinski definition) is 5. The highest BCUT2D eigenvalue weighted by molar-refractivity contribution is 6.30. The molecule has 1 aliphatic rings. The van der Waals surface area contributed by atoms with E-state index >= 15 is 0 Å². The van der Waals surface area contributed by atoms with Crippen LogP contribution in [0.5, 0.6) is 0 Å². The maximum absolute atomic E-state index is 12.2. The molecular weight excluding hydrogens is 304 g/mol. The lowest BCUT2D eigenvalue weighted by Crippen LogP contribution is -2.28. The second-order valence-electron chi connectivity index (χ2n) is 4.70. The Kier molecular flexibility index (Phi) is 4.74. The third kappa shape index (κ3) is 2.92. The van der Waals surface area contributed by atoms with Crippen LogP contribution in [0.1, 0.15) is 19.4 Å². The van der Waals surface area contributed by atoms with Crippen molar-refractivity contribution >= 4 is 23.3 Å². The van der Waals surface area contributed by atoms with Crippen LogP contribution in [0, 0.1) is 17.2 Å². The van der Waals surface area contributed by atoms with Crippen LogP contribution >= 0.6 is 11.6 Å². The molecule has 0 aliphatic carbocycles. The molecule has 22 heavy (non-hydrogen) atoms. The molecule has 0 radical (unpaired) electrons. The first-order valence-corrected chi connectivity index (χ1v) is 7.08. The predicted molar refractivity (Wildman–Crippen MR) is 82.1 cm³/mol. The van der Waals surface area contributed by atoms with E-state index in [0.29, 0.717) is 16.4 Å². The zero-order chi connectivity index (χ0) is 16.3. The van der Waals surface area contributed by atoms with Gasteiger partial charge in [0.05, 0.1) is 6.61 Å². The van der Waals surface area contributed by atoms with Gasteiger partial charge >= 0.3 is 5.97 Å². The average Bonchev–Trinajstić information content (AvgIpc) is 2.50. The van der Waals surface area contributed by atoms with E-state index < -0.39 is 11.9 Å². The molecule has 1 heterocycles. The number of nitrogens with zero attached hydrogens (tertiary/aromatic N) is 1. The van der Waals surface area contributed by atoms with Crippen LogP contribution in [0.3, 0.4) is 0 Å². The summed E-state index contributed by atoms with van der Waals surface area (Å²) in [6, 6.07) is 8.86. The van der Waals surface area contributed by atoms with Crippen LogP contribution in [-0.4, -0.2) is 12.6 Å². The molecule has 0 bridgehead atoms. The molecule has 5 nitrogen and oxygen atoms in total. The van der Waals surface area contributed by atoms with Crippen LogP contribution in [0.25, 0.3) is 5.76 Å². The monoisotopic (exact) mass is 318 g/mol. The normalized spacial score (nSPS) is 17.8. The summed E-state index contributed by atoms with van der Waals surface area (Å²) in [5, 5.41) is 9.83. The van der Waals surface area contributed by atoms with E-state index in [-0.39, 0.29) is 18.1 Å². The van der Waals surface area contributed by atoms with Crippen LogP contribution in [0.2, 0.25) is 5.02 Å². The Balaban J connectivity index is 2.51. The van der Waals surface area contributed by atoms with Crippen molar-refractivity contribution in [2.45, 2.75) is 13.8 Å². The Morgan fingerprint density at radius 2 is 2.09 bits per heavy atom. The second-order valence-corrected chi connectivity index (χ2v) is 5.13. The van der Waals surface area contributed by atoms with Gasteiger partial charge in [-0.05, 0) is 43.7 Å². The van der Waals surface area contributed by atoms with Crippen LogP contribution < -0.4 is 5.73 Å². The molecule has 0 amide bonds. The number of halogens is 1. The van der Waals surface area contributed by atoms with E-state index in [1.165, 1.54) is 0 Å². The standard InChI is InChI=1S/C16H15ClN2O3/c1-3-21-16(20)13-9(2)14(22-15(19)12(13)8-18)10-4-6-11(17)7-5-10/h4-7,13H,3,19H2,1-2H3/t13-/m1/s1. The summed E-state index contributed by atoms with van der Waals surface area (Å²) in [7, 11) is 0. The van der Waals surface area contributed by atoms with Crippen molar-refractivity contribution in [1.29, 1.82) is 5.26 Å². The number of benzene rings is 1. The number of nitrogens with two attached hydrogens (primary N) is 1. The lowest BCUT2D eigenvalue weighted by atomic mass is 9.88. The van der Waals surface area contributed by atoms with Crippen molar-refractivity contribution in [3.8, 4) is 6.07 Å². The highest BCUT2D eigenvalue weighted by atomic mass is 35.5. The SMILES string of the molecule is CCOC(=O)[C@@H]1C(C)=C(c2ccc(Cl)cc2)OC(N)=C1C#N. The van der Waals surface area contributed by atoms with E-state index in [1.54, 1.807) is 38.1 Å². The number of esters is 1. The largest absolute Gasteiger partial charge is 0.465 e.